The zero-order chi connectivity index (χ0) is 17.6. The van der Waals surface area contributed by atoms with E-state index in [-0.39, 0.29) is 6.42 Å². The number of carboxylic acid groups (broad SMARTS) is 1. The number of carboxylic acids is 1. The number of carbonyl (C=O) groups is 1. The summed E-state index contributed by atoms with van der Waals surface area (Å²) in [6.45, 7) is 3.77. The Bertz CT molecular complexity index is 767. The van der Waals surface area contributed by atoms with E-state index >= 15 is 0 Å². The Morgan fingerprint density at radius 1 is 1.29 bits per heavy atom. The SMILES string of the molecule is C=CCC(C#N)(c1cccc(Cl)c1)C(CC(=O)O)c1ccccc1. The van der Waals surface area contributed by atoms with Crippen molar-refractivity contribution in [2.45, 2.75) is 24.2 Å². The second-order valence-corrected chi connectivity index (χ2v) is 6.08. The van der Waals surface area contributed by atoms with E-state index in [9.17, 15) is 15.2 Å². The fourth-order valence-corrected chi connectivity index (χ4v) is 3.27. The minimum Gasteiger partial charge on any atom is -0.481 e. The highest BCUT2D eigenvalue weighted by Crippen LogP contribution is 2.44. The van der Waals surface area contributed by atoms with Crippen LogP contribution in [0.25, 0.3) is 0 Å². The molecule has 0 saturated heterocycles. The van der Waals surface area contributed by atoms with E-state index < -0.39 is 17.3 Å². The van der Waals surface area contributed by atoms with E-state index in [0.29, 0.717) is 17.0 Å². The number of hydrogen-bond donors (Lipinski definition) is 1. The first-order valence-corrected chi connectivity index (χ1v) is 7.96. The third kappa shape index (κ3) is 3.67. The molecule has 0 radical (unpaired) electrons. The Labute approximate surface area is 146 Å². The van der Waals surface area contributed by atoms with Crippen LogP contribution >= 0.6 is 11.6 Å². The van der Waals surface area contributed by atoms with E-state index in [1.165, 1.54) is 0 Å². The molecule has 24 heavy (non-hydrogen) atoms. The molecule has 122 valence electrons. The maximum absolute atomic E-state index is 11.5. The van der Waals surface area contributed by atoms with E-state index in [0.717, 1.165) is 5.56 Å². The fraction of sp³-hybridized carbons (Fsp3) is 0.200. The van der Waals surface area contributed by atoms with Crippen LogP contribution in [0.4, 0.5) is 0 Å². The summed E-state index contributed by atoms with van der Waals surface area (Å²) < 4.78 is 0. The second kappa shape index (κ2) is 7.81. The van der Waals surface area contributed by atoms with Gasteiger partial charge >= 0.3 is 5.97 Å². The number of halogens is 1. The monoisotopic (exact) mass is 339 g/mol. The third-order valence-electron chi connectivity index (χ3n) is 4.18. The maximum Gasteiger partial charge on any atom is 0.304 e. The number of hydrogen-bond acceptors (Lipinski definition) is 2. The molecule has 0 amide bonds. The average Bonchev–Trinajstić information content (AvgIpc) is 2.58. The van der Waals surface area contributed by atoms with Crippen LogP contribution in [0.15, 0.2) is 67.3 Å². The van der Waals surface area contributed by atoms with Crippen LogP contribution in [-0.4, -0.2) is 11.1 Å². The van der Waals surface area contributed by atoms with Gasteiger partial charge in [-0.3, -0.25) is 4.79 Å². The lowest BCUT2D eigenvalue weighted by Crippen LogP contribution is -2.33. The van der Waals surface area contributed by atoms with Gasteiger partial charge in [-0.05, 0) is 29.7 Å². The van der Waals surface area contributed by atoms with Crippen LogP contribution < -0.4 is 0 Å². The van der Waals surface area contributed by atoms with E-state index in [2.05, 4.69) is 12.6 Å². The lowest BCUT2D eigenvalue weighted by atomic mass is 9.65. The Kier molecular flexibility index (Phi) is 5.78. The quantitative estimate of drug-likeness (QED) is 0.727. The normalized spacial score (nSPS) is 14.2. The van der Waals surface area contributed by atoms with E-state index in [1.807, 2.05) is 36.4 Å². The van der Waals surface area contributed by atoms with Gasteiger partial charge in [-0.25, -0.2) is 0 Å². The van der Waals surface area contributed by atoms with Crippen molar-refractivity contribution in [1.29, 1.82) is 5.26 Å². The van der Waals surface area contributed by atoms with Crippen molar-refractivity contribution in [2.75, 3.05) is 0 Å². The highest BCUT2D eigenvalue weighted by molar-refractivity contribution is 6.30. The van der Waals surface area contributed by atoms with Gasteiger partial charge in [-0.1, -0.05) is 60.1 Å². The van der Waals surface area contributed by atoms with Crippen LogP contribution in [0, 0.1) is 11.3 Å². The van der Waals surface area contributed by atoms with Crippen molar-refractivity contribution in [3.8, 4) is 6.07 Å². The molecule has 3 nitrogen and oxygen atoms in total. The summed E-state index contributed by atoms with van der Waals surface area (Å²) >= 11 is 6.11. The summed E-state index contributed by atoms with van der Waals surface area (Å²) in [6, 6.07) is 18.7. The van der Waals surface area contributed by atoms with Crippen molar-refractivity contribution in [3.63, 3.8) is 0 Å². The predicted octanol–water partition coefficient (Wildman–Crippen LogP) is 4.94. The van der Waals surface area contributed by atoms with Crippen molar-refractivity contribution in [1.82, 2.24) is 0 Å². The third-order valence-corrected chi connectivity index (χ3v) is 4.42. The molecule has 0 aliphatic heterocycles. The first kappa shape index (κ1) is 17.8. The van der Waals surface area contributed by atoms with Crippen LogP contribution in [0.2, 0.25) is 5.02 Å². The molecular weight excluding hydrogens is 322 g/mol. The number of benzene rings is 2. The molecule has 1 N–H and O–H groups in total. The Balaban J connectivity index is 2.68. The fourth-order valence-electron chi connectivity index (χ4n) is 3.08. The molecule has 0 spiro atoms. The summed E-state index contributed by atoms with van der Waals surface area (Å²) in [6.07, 6.45) is 1.83. The maximum atomic E-state index is 11.5. The van der Waals surface area contributed by atoms with Gasteiger partial charge in [-0.15, -0.1) is 6.58 Å². The molecule has 2 atom stereocenters. The first-order valence-electron chi connectivity index (χ1n) is 7.58. The molecule has 0 aliphatic rings. The molecule has 0 fully saturated rings. The number of nitrogens with zero attached hydrogens (tertiary/aromatic N) is 1. The van der Waals surface area contributed by atoms with Crippen molar-refractivity contribution >= 4 is 17.6 Å². The molecule has 2 unspecified atom stereocenters. The van der Waals surface area contributed by atoms with Gasteiger partial charge in [0.25, 0.3) is 0 Å². The summed E-state index contributed by atoms with van der Waals surface area (Å²) in [4.78, 5) is 11.5. The van der Waals surface area contributed by atoms with Gasteiger partial charge in [-0.2, -0.15) is 5.26 Å². The second-order valence-electron chi connectivity index (χ2n) is 5.65. The summed E-state index contributed by atoms with van der Waals surface area (Å²) in [5.41, 5.74) is 0.461. The predicted molar refractivity (Wildman–Crippen MR) is 95.0 cm³/mol. The molecular formula is C20H18ClNO2. The van der Waals surface area contributed by atoms with Crippen molar-refractivity contribution < 1.29 is 9.90 Å². The number of allylic oxidation sites excluding steroid dienone is 1. The summed E-state index contributed by atoms with van der Waals surface area (Å²) in [5.74, 6) is -1.47. The van der Waals surface area contributed by atoms with Gasteiger partial charge in [0.15, 0.2) is 0 Å². The number of rotatable bonds is 7. The zero-order valence-electron chi connectivity index (χ0n) is 13.2. The first-order chi connectivity index (χ1) is 11.5. The van der Waals surface area contributed by atoms with Crippen LogP contribution in [-0.2, 0) is 10.2 Å². The average molecular weight is 340 g/mol. The number of aliphatic carboxylic acids is 1. The molecule has 4 heteroatoms. The standard InChI is InChI=1S/C20H18ClNO2/c1-2-11-20(14-22,16-9-6-10-17(21)12-16)18(13-19(23)24)15-7-4-3-5-8-15/h2-10,12,18H,1,11,13H2,(H,23,24). The van der Waals surface area contributed by atoms with Gasteiger partial charge in [0.1, 0.15) is 0 Å². The zero-order valence-corrected chi connectivity index (χ0v) is 13.9. The molecule has 0 aliphatic carbocycles. The molecule has 0 saturated carbocycles. The lowest BCUT2D eigenvalue weighted by Gasteiger charge is -2.34. The summed E-state index contributed by atoms with van der Waals surface area (Å²) in [5, 5.41) is 20.0. The van der Waals surface area contributed by atoms with Crippen molar-refractivity contribution in [3.05, 3.63) is 83.4 Å². The van der Waals surface area contributed by atoms with Gasteiger partial charge in [0, 0.05) is 10.9 Å². The van der Waals surface area contributed by atoms with E-state index in [4.69, 9.17) is 11.6 Å². The van der Waals surface area contributed by atoms with Crippen LogP contribution in [0.5, 0.6) is 0 Å². The Hall–Kier alpha value is -2.57. The molecule has 2 rings (SSSR count). The van der Waals surface area contributed by atoms with Gasteiger partial charge in [0.2, 0.25) is 0 Å². The topological polar surface area (TPSA) is 61.1 Å². The minimum atomic E-state index is -1.05. The minimum absolute atomic E-state index is 0.155. The Morgan fingerprint density at radius 3 is 2.54 bits per heavy atom. The van der Waals surface area contributed by atoms with Crippen molar-refractivity contribution in [2.24, 2.45) is 0 Å². The molecule has 0 bridgehead atoms. The smallest absolute Gasteiger partial charge is 0.304 e. The van der Waals surface area contributed by atoms with Gasteiger partial charge in [0.05, 0.1) is 17.9 Å². The van der Waals surface area contributed by atoms with Gasteiger partial charge < -0.3 is 5.11 Å². The molecule has 0 aromatic heterocycles. The Morgan fingerprint density at radius 2 is 2.00 bits per heavy atom. The highest BCUT2D eigenvalue weighted by Gasteiger charge is 2.42. The molecule has 0 heterocycles. The van der Waals surface area contributed by atoms with Crippen LogP contribution in [0.1, 0.15) is 29.9 Å². The van der Waals surface area contributed by atoms with E-state index in [1.54, 1.807) is 24.3 Å². The molecule has 2 aromatic rings. The highest BCUT2D eigenvalue weighted by atomic mass is 35.5. The lowest BCUT2D eigenvalue weighted by molar-refractivity contribution is -0.137. The van der Waals surface area contributed by atoms with Crippen LogP contribution in [0.3, 0.4) is 0 Å². The largest absolute Gasteiger partial charge is 0.481 e. The number of nitriles is 1. The molecule has 2 aromatic carbocycles. The summed E-state index contributed by atoms with van der Waals surface area (Å²) in [7, 11) is 0.